The Hall–Kier alpha value is -1.26. The Morgan fingerprint density at radius 1 is 1.32 bits per heavy atom. The van der Waals surface area contributed by atoms with Crippen molar-refractivity contribution in [2.24, 2.45) is 0 Å². The Morgan fingerprint density at radius 3 is 2.58 bits per heavy atom. The fourth-order valence-electron chi connectivity index (χ4n) is 2.15. The Kier molecular flexibility index (Phi) is 5.05. The summed E-state index contributed by atoms with van der Waals surface area (Å²) < 4.78 is 17.9. The van der Waals surface area contributed by atoms with Gasteiger partial charge in [-0.25, -0.2) is 4.39 Å². The molecule has 2 rings (SSSR count). The molecule has 1 aliphatic carbocycles. The summed E-state index contributed by atoms with van der Waals surface area (Å²) in [6.45, 7) is 2.32. The molecule has 0 bridgehead atoms. The summed E-state index contributed by atoms with van der Waals surface area (Å²) in [5.41, 5.74) is 0.587. The van der Waals surface area contributed by atoms with E-state index in [4.69, 9.17) is 4.74 Å². The number of methoxy groups -OCH3 is 1. The van der Waals surface area contributed by atoms with Crippen molar-refractivity contribution in [3.8, 4) is 0 Å². The number of benzene rings is 1. The Labute approximate surface area is 113 Å². The summed E-state index contributed by atoms with van der Waals surface area (Å²) in [4.78, 5) is 14.3. The molecule has 3 nitrogen and oxygen atoms in total. The van der Waals surface area contributed by atoms with Crippen LogP contribution in [0.15, 0.2) is 24.3 Å². The highest BCUT2D eigenvalue weighted by Crippen LogP contribution is 2.26. The van der Waals surface area contributed by atoms with E-state index in [0.29, 0.717) is 24.6 Å². The number of Topliss-reactive ketones (excluding diaryl/α,β-unsaturated/α-hetero) is 1. The Morgan fingerprint density at radius 2 is 2.00 bits per heavy atom. The average molecular weight is 265 g/mol. The molecule has 0 aliphatic heterocycles. The molecular formula is C15H20FNO2. The first-order valence-corrected chi connectivity index (χ1v) is 6.72. The smallest absolute Gasteiger partial charge is 0.164 e. The van der Waals surface area contributed by atoms with Gasteiger partial charge in [-0.3, -0.25) is 9.69 Å². The lowest BCUT2D eigenvalue weighted by molar-refractivity contribution is 0.0945. The lowest BCUT2D eigenvalue weighted by Crippen LogP contribution is -2.31. The van der Waals surface area contributed by atoms with E-state index < -0.39 is 0 Å². The number of carbonyl (C=O) groups excluding carboxylic acids is 1. The van der Waals surface area contributed by atoms with Crippen LogP contribution in [0.5, 0.6) is 0 Å². The molecule has 1 aromatic rings. The first-order chi connectivity index (χ1) is 9.20. The molecule has 104 valence electrons. The van der Waals surface area contributed by atoms with E-state index in [9.17, 15) is 9.18 Å². The van der Waals surface area contributed by atoms with E-state index >= 15 is 0 Å². The molecule has 4 heteroatoms. The van der Waals surface area contributed by atoms with Crippen LogP contribution in [0.4, 0.5) is 4.39 Å². The standard InChI is InChI=1S/C15H20FNO2/c1-19-11-10-17(14-6-7-14)9-8-15(18)12-2-4-13(16)5-3-12/h2-5,14H,6-11H2,1H3. The van der Waals surface area contributed by atoms with Crippen molar-refractivity contribution in [1.82, 2.24) is 4.90 Å². The first kappa shape index (κ1) is 14.2. The van der Waals surface area contributed by atoms with Crippen LogP contribution in [0, 0.1) is 5.82 Å². The second-order valence-corrected chi connectivity index (χ2v) is 4.94. The first-order valence-electron chi connectivity index (χ1n) is 6.72. The molecule has 19 heavy (non-hydrogen) atoms. The third kappa shape index (κ3) is 4.40. The number of ketones is 1. The quantitative estimate of drug-likeness (QED) is 0.676. The van der Waals surface area contributed by atoms with Crippen molar-refractivity contribution in [1.29, 1.82) is 0 Å². The molecule has 1 fully saturated rings. The fourth-order valence-corrected chi connectivity index (χ4v) is 2.15. The van der Waals surface area contributed by atoms with Gasteiger partial charge in [0.05, 0.1) is 6.61 Å². The zero-order valence-electron chi connectivity index (χ0n) is 11.3. The van der Waals surface area contributed by atoms with Gasteiger partial charge in [-0.15, -0.1) is 0 Å². The molecule has 0 radical (unpaired) electrons. The lowest BCUT2D eigenvalue weighted by Gasteiger charge is -2.20. The van der Waals surface area contributed by atoms with Gasteiger partial charge in [0.25, 0.3) is 0 Å². The number of ether oxygens (including phenoxy) is 1. The average Bonchev–Trinajstić information content (AvgIpc) is 3.24. The van der Waals surface area contributed by atoms with Crippen LogP contribution in [0.2, 0.25) is 0 Å². The lowest BCUT2D eigenvalue weighted by atomic mass is 10.1. The van der Waals surface area contributed by atoms with Crippen molar-refractivity contribution in [3.05, 3.63) is 35.6 Å². The molecule has 0 spiro atoms. The van der Waals surface area contributed by atoms with Crippen LogP contribution < -0.4 is 0 Å². The van der Waals surface area contributed by atoms with Crippen LogP contribution in [0.1, 0.15) is 29.6 Å². The zero-order chi connectivity index (χ0) is 13.7. The highest BCUT2D eigenvalue weighted by Gasteiger charge is 2.28. The summed E-state index contributed by atoms with van der Waals surface area (Å²) in [6.07, 6.45) is 2.91. The predicted octanol–water partition coefficient (Wildman–Crippen LogP) is 2.51. The van der Waals surface area contributed by atoms with Gasteiger partial charge in [-0.1, -0.05) is 0 Å². The summed E-state index contributed by atoms with van der Waals surface area (Å²) in [5.74, 6) is -0.237. The zero-order valence-corrected chi connectivity index (χ0v) is 11.3. The van der Waals surface area contributed by atoms with Crippen molar-refractivity contribution in [3.63, 3.8) is 0 Å². The molecule has 0 aromatic heterocycles. The number of nitrogens with zero attached hydrogens (tertiary/aromatic N) is 1. The van der Waals surface area contributed by atoms with Crippen LogP contribution in [0.25, 0.3) is 0 Å². The molecule has 0 amide bonds. The maximum absolute atomic E-state index is 12.8. The molecule has 0 N–H and O–H groups in total. The van der Waals surface area contributed by atoms with Crippen molar-refractivity contribution in [2.45, 2.75) is 25.3 Å². The van der Waals surface area contributed by atoms with E-state index in [1.165, 1.54) is 25.0 Å². The summed E-state index contributed by atoms with van der Waals surface area (Å²) in [6, 6.07) is 6.38. The number of halogens is 1. The van der Waals surface area contributed by atoms with Crippen LogP contribution >= 0.6 is 0 Å². The van der Waals surface area contributed by atoms with Crippen molar-refractivity contribution in [2.75, 3.05) is 26.8 Å². The molecular weight excluding hydrogens is 245 g/mol. The van der Waals surface area contributed by atoms with Gasteiger partial charge >= 0.3 is 0 Å². The SMILES string of the molecule is COCCN(CCC(=O)c1ccc(F)cc1)C1CC1. The van der Waals surface area contributed by atoms with Gasteiger partial charge < -0.3 is 4.74 Å². The minimum Gasteiger partial charge on any atom is -0.383 e. The van der Waals surface area contributed by atoms with Crippen molar-refractivity contribution >= 4 is 5.78 Å². The molecule has 0 unspecified atom stereocenters. The second kappa shape index (κ2) is 6.78. The number of hydrogen-bond donors (Lipinski definition) is 0. The molecule has 0 saturated heterocycles. The summed E-state index contributed by atoms with van der Waals surface area (Å²) in [5, 5.41) is 0. The van der Waals surface area contributed by atoms with Gasteiger partial charge in [0.2, 0.25) is 0 Å². The van der Waals surface area contributed by atoms with E-state index in [2.05, 4.69) is 4.90 Å². The van der Waals surface area contributed by atoms with E-state index in [1.807, 2.05) is 0 Å². The monoisotopic (exact) mass is 265 g/mol. The van der Waals surface area contributed by atoms with Crippen LogP contribution in [-0.2, 0) is 4.74 Å². The van der Waals surface area contributed by atoms with Gasteiger partial charge in [0.1, 0.15) is 5.82 Å². The maximum atomic E-state index is 12.8. The van der Waals surface area contributed by atoms with E-state index in [0.717, 1.165) is 13.1 Å². The number of rotatable bonds is 8. The molecule has 1 saturated carbocycles. The maximum Gasteiger partial charge on any atom is 0.164 e. The topological polar surface area (TPSA) is 29.5 Å². The Balaban J connectivity index is 1.82. The third-order valence-corrected chi connectivity index (χ3v) is 3.44. The molecule has 1 aliphatic rings. The van der Waals surface area contributed by atoms with E-state index in [-0.39, 0.29) is 11.6 Å². The fraction of sp³-hybridized carbons (Fsp3) is 0.533. The minimum absolute atomic E-state index is 0.0723. The van der Waals surface area contributed by atoms with Crippen LogP contribution in [-0.4, -0.2) is 43.5 Å². The summed E-state index contributed by atoms with van der Waals surface area (Å²) >= 11 is 0. The molecule has 0 atom stereocenters. The largest absolute Gasteiger partial charge is 0.383 e. The number of carbonyl (C=O) groups is 1. The van der Waals surface area contributed by atoms with Crippen LogP contribution in [0.3, 0.4) is 0 Å². The van der Waals surface area contributed by atoms with Gasteiger partial charge in [-0.2, -0.15) is 0 Å². The second-order valence-electron chi connectivity index (χ2n) is 4.94. The summed E-state index contributed by atoms with van der Waals surface area (Å²) in [7, 11) is 1.69. The number of hydrogen-bond acceptors (Lipinski definition) is 3. The third-order valence-electron chi connectivity index (χ3n) is 3.44. The minimum atomic E-state index is -0.309. The predicted molar refractivity (Wildman–Crippen MR) is 71.8 cm³/mol. The highest BCUT2D eigenvalue weighted by atomic mass is 19.1. The van der Waals surface area contributed by atoms with Gasteiger partial charge in [0.15, 0.2) is 5.78 Å². The van der Waals surface area contributed by atoms with Crippen molar-refractivity contribution < 1.29 is 13.9 Å². The Bertz CT molecular complexity index is 415. The normalized spacial score (nSPS) is 14.9. The van der Waals surface area contributed by atoms with Gasteiger partial charge in [0, 0.05) is 38.2 Å². The highest BCUT2D eigenvalue weighted by molar-refractivity contribution is 5.96. The van der Waals surface area contributed by atoms with E-state index in [1.54, 1.807) is 19.2 Å². The molecule has 0 heterocycles. The van der Waals surface area contributed by atoms with Gasteiger partial charge in [-0.05, 0) is 37.1 Å². The molecule has 1 aromatic carbocycles.